The van der Waals surface area contributed by atoms with Crippen molar-refractivity contribution in [2.24, 2.45) is 0 Å². The zero-order valence-electron chi connectivity index (χ0n) is 11.2. The van der Waals surface area contributed by atoms with Gasteiger partial charge in [0.05, 0.1) is 0 Å². The van der Waals surface area contributed by atoms with E-state index in [0.29, 0.717) is 11.0 Å². The van der Waals surface area contributed by atoms with Gasteiger partial charge in [0, 0.05) is 0 Å². The summed E-state index contributed by atoms with van der Waals surface area (Å²) in [5, 5.41) is 12.1. The molecule has 1 N–H and O–H groups in total. The SMILES string of the molecule is CCCCCCC(CCCC)c1csc(O)c1. The maximum atomic E-state index is 9.46. The molecule has 17 heavy (non-hydrogen) atoms. The highest BCUT2D eigenvalue weighted by molar-refractivity contribution is 7.11. The van der Waals surface area contributed by atoms with Crippen molar-refractivity contribution in [3.8, 4) is 5.06 Å². The molecule has 1 aromatic heterocycles. The maximum absolute atomic E-state index is 9.46. The van der Waals surface area contributed by atoms with Gasteiger partial charge in [-0.15, -0.1) is 11.3 Å². The van der Waals surface area contributed by atoms with Crippen LogP contribution in [0, 0.1) is 0 Å². The van der Waals surface area contributed by atoms with Crippen LogP contribution in [-0.2, 0) is 0 Å². The van der Waals surface area contributed by atoms with Gasteiger partial charge in [-0.2, -0.15) is 0 Å². The van der Waals surface area contributed by atoms with Gasteiger partial charge in [0.15, 0.2) is 5.06 Å². The van der Waals surface area contributed by atoms with Gasteiger partial charge in [0.1, 0.15) is 0 Å². The fourth-order valence-corrected chi connectivity index (χ4v) is 3.02. The third-order valence-electron chi connectivity index (χ3n) is 3.39. The largest absolute Gasteiger partial charge is 0.499 e. The quantitative estimate of drug-likeness (QED) is 0.561. The molecule has 0 aliphatic heterocycles. The van der Waals surface area contributed by atoms with E-state index in [-0.39, 0.29) is 0 Å². The predicted molar refractivity (Wildman–Crippen MR) is 77.0 cm³/mol. The zero-order valence-corrected chi connectivity index (χ0v) is 12.1. The number of rotatable bonds is 9. The highest BCUT2D eigenvalue weighted by Crippen LogP contribution is 2.33. The minimum atomic E-state index is 0.468. The Morgan fingerprint density at radius 3 is 2.35 bits per heavy atom. The van der Waals surface area contributed by atoms with E-state index in [9.17, 15) is 5.11 Å². The number of hydrogen-bond acceptors (Lipinski definition) is 2. The number of unbranched alkanes of at least 4 members (excludes halogenated alkanes) is 4. The minimum Gasteiger partial charge on any atom is -0.499 e. The molecular formula is C15H26OS. The summed E-state index contributed by atoms with van der Waals surface area (Å²) < 4.78 is 0. The summed E-state index contributed by atoms with van der Waals surface area (Å²) in [4.78, 5) is 0. The van der Waals surface area contributed by atoms with Crippen molar-refractivity contribution in [2.45, 2.75) is 71.1 Å². The minimum absolute atomic E-state index is 0.468. The van der Waals surface area contributed by atoms with Crippen molar-refractivity contribution in [3.63, 3.8) is 0 Å². The van der Waals surface area contributed by atoms with Crippen LogP contribution in [0.15, 0.2) is 11.4 Å². The average molecular weight is 254 g/mol. The van der Waals surface area contributed by atoms with Crippen LogP contribution in [0.25, 0.3) is 0 Å². The summed E-state index contributed by atoms with van der Waals surface area (Å²) in [6, 6.07) is 1.96. The number of thiophene rings is 1. The van der Waals surface area contributed by atoms with Crippen LogP contribution in [0.3, 0.4) is 0 Å². The molecule has 0 aromatic carbocycles. The van der Waals surface area contributed by atoms with E-state index in [1.165, 1.54) is 68.3 Å². The summed E-state index contributed by atoms with van der Waals surface area (Å²) in [7, 11) is 0. The summed E-state index contributed by atoms with van der Waals surface area (Å²) >= 11 is 1.47. The van der Waals surface area contributed by atoms with Gasteiger partial charge < -0.3 is 5.11 Å². The highest BCUT2D eigenvalue weighted by atomic mass is 32.1. The first kappa shape index (κ1) is 14.6. The Morgan fingerprint density at radius 2 is 1.76 bits per heavy atom. The molecule has 1 aromatic rings. The lowest BCUT2D eigenvalue weighted by Gasteiger charge is -2.15. The third-order valence-corrected chi connectivity index (χ3v) is 4.14. The van der Waals surface area contributed by atoms with Crippen LogP contribution in [0.4, 0.5) is 0 Å². The molecule has 0 aliphatic rings. The molecule has 98 valence electrons. The van der Waals surface area contributed by atoms with E-state index in [0.717, 1.165) is 0 Å². The van der Waals surface area contributed by atoms with Gasteiger partial charge in [0.25, 0.3) is 0 Å². The number of hydrogen-bond donors (Lipinski definition) is 1. The van der Waals surface area contributed by atoms with Crippen molar-refractivity contribution in [1.29, 1.82) is 0 Å². The Hall–Kier alpha value is -0.500. The smallest absolute Gasteiger partial charge is 0.171 e. The van der Waals surface area contributed by atoms with Gasteiger partial charge >= 0.3 is 0 Å². The Balaban J connectivity index is 2.42. The molecule has 0 bridgehead atoms. The molecule has 0 aliphatic carbocycles. The Kier molecular flexibility index (Phi) is 7.34. The molecule has 0 spiro atoms. The summed E-state index contributed by atoms with van der Waals surface area (Å²) in [6.07, 6.45) is 10.5. The van der Waals surface area contributed by atoms with E-state index in [1.807, 2.05) is 6.07 Å². The molecule has 2 heteroatoms. The van der Waals surface area contributed by atoms with Gasteiger partial charge in [-0.25, -0.2) is 0 Å². The topological polar surface area (TPSA) is 20.2 Å². The summed E-state index contributed by atoms with van der Waals surface area (Å²) in [6.45, 7) is 4.50. The molecule has 0 radical (unpaired) electrons. The average Bonchev–Trinajstić information content (AvgIpc) is 2.75. The van der Waals surface area contributed by atoms with E-state index in [1.54, 1.807) is 0 Å². The van der Waals surface area contributed by atoms with Crippen LogP contribution >= 0.6 is 11.3 Å². The van der Waals surface area contributed by atoms with Crippen molar-refractivity contribution < 1.29 is 5.11 Å². The van der Waals surface area contributed by atoms with Crippen LogP contribution in [-0.4, -0.2) is 5.11 Å². The van der Waals surface area contributed by atoms with Gasteiger partial charge in [-0.1, -0.05) is 52.4 Å². The van der Waals surface area contributed by atoms with Crippen LogP contribution in [0.2, 0.25) is 0 Å². The molecule has 0 saturated carbocycles. The Bertz CT molecular complexity index is 293. The Labute approximate surface area is 110 Å². The summed E-state index contributed by atoms with van der Waals surface area (Å²) in [5.41, 5.74) is 1.36. The number of aromatic hydroxyl groups is 1. The molecule has 0 amide bonds. The van der Waals surface area contributed by atoms with Crippen LogP contribution in [0.1, 0.15) is 76.7 Å². The molecule has 1 heterocycles. The van der Waals surface area contributed by atoms with Crippen molar-refractivity contribution in [1.82, 2.24) is 0 Å². The Morgan fingerprint density at radius 1 is 1.06 bits per heavy atom. The standard InChI is InChI=1S/C15H26OS/c1-3-5-7-8-10-13(9-6-4-2)14-11-15(16)17-12-14/h11-13,16H,3-10H2,1-2H3. The molecular weight excluding hydrogens is 228 g/mol. The first-order chi connectivity index (χ1) is 8.27. The molecule has 0 saturated heterocycles. The normalized spacial score (nSPS) is 12.8. The highest BCUT2D eigenvalue weighted by Gasteiger charge is 2.12. The van der Waals surface area contributed by atoms with Gasteiger partial charge in [-0.05, 0) is 35.8 Å². The van der Waals surface area contributed by atoms with E-state index in [4.69, 9.17) is 0 Å². The fourth-order valence-electron chi connectivity index (χ4n) is 2.30. The lowest BCUT2D eigenvalue weighted by Crippen LogP contribution is -1.97. The van der Waals surface area contributed by atoms with Crippen LogP contribution in [0.5, 0.6) is 5.06 Å². The first-order valence-electron chi connectivity index (χ1n) is 7.05. The fraction of sp³-hybridized carbons (Fsp3) is 0.733. The van der Waals surface area contributed by atoms with Crippen molar-refractivity contribution >= 4 is 11.3 Å². The molecule has 1 nitrogen and oxygen atoms in total. The molecule has 0 fully saturated rings. The van der Waals surface area contributed by atoms with Crippen molar-refractivity contribution in [3.05, 3.63) is 17.0 Å². The maximum Gasteiger partial charge on any atom is 0.171 e. The third kappa shape index (κ3) is 5.58. The predicted octanol–water partition coefficient (Wildman–Crippen LogP) is 5.70. The van der Waals surface area contributed by atoms with Crippen molar-refractivity contribution in [2.75, 3.05) is 0 Å². The molecule has 1 unspecified atom stereocenters. The van der Waals surface area contributed by atoms with E-state index < -0.39 is 0 Å². The second kappa shape index (κ2) is 8.57. The second-order valence-electron chi connectivity index (χ2n) is 4.91. The second-order valence-corrected chi connectivity index (χ2v) is 5.80. The van der Waals surface area contributed by atoms with Gasteiger partial charge in [0.2, 0.25) is 0 Å². The molecule has 1 atom stereocenters. The van der Waals surface area contributed by atoms with Gasteiger partial charge in [-0.3, -0.25) is 0 Å². The lowest BCUT2D eigenvalue weighted by molar-refractivity contribution is 0.485. The molecule has 1 rings (SSSR count). The zero-order chi connectivity index (χ0) is 12.5. The van der Waals surface area contributed by atoms with E-state index >= 15 is 0 Å². The van der Waals surface area contributed by atoms with E-state index in [2.05, 4.69) is 19.2 Å². The lowest BCUT2D eigenvalue weighted by atomic mass is 9.90. The first-order valence-corrected chi connectivity index (χ1v) is 7.93. The monoisotopic (exact) mass is 254 g/mol. The van der Waals surface area contributed by atoms with Crippen LogP contribution < -0.4 is 0 Å². The summed E-state index contributed by atoms with van der Waals surface area (Å²) in [5.74, 6) is 0.670.